The summed E-state index contributed by atoms with van der Waals surface area (Å²) < 4.78 is 73.4. The Hall–Kier alpha value is -2.39. The van der Waals surface area contributed by atoms with Crippen molar-refractivity contribution in [1.29, 1.82) is 0 Å². The van der Waals surface area contributed by atoms with Crippen LogP contribution in [0.4, 0.5) is 26.3 Å². The number of carbonyl (C=O) groups excluding carboxylic acids is 2. The summed E-state index contributed by atoms with van der Waals surface area (Å²) in [5.41, 5.74) is -3.78. The van der Waals surface area contributed by atoms with E-state index in [1.165, 1.54) is 0 Å². The minimum absolute atomic E-state index is 0.0537. The molecule has 0 aliphatic rings. The third kappa shape index (κ3) is 3.80. The van der Waals surface area contributed by atoms with E-state index in [2.05, 4.69) is 0 Å². The second kappa shape index (κ2) is 5.19. The molecule has 0 aliphatic heterocycles. The molecule has 1 rings (SSSR count). The van der Waals surface area contributed by atoms with E-state index in [4.69, 9.17) is 5.11 Å². The van der Waals surface area contributed by atoms with Gasteiger partial charge in [-0.3, -0.25) is 9.59 Å². The third-order valence-electron chi connectivity index (χ3n) is 2.22. The highest BCUT2D eigenvalue weighted by molar-refractivity contribution is 6.07. The monoisotopic (exact) mass is 314 g/mol. The normalized spacial score (nSPS) is 12.1. The molecule has 0 atom stereocenters. The molecule has 0 heterocycles. The van der Waals surface area contributed by atoms with E-state index in [0.717, 1.165) is 0 Å². The van der Waals surface area contributed by atoms with Gasteiger partial charge < -0.3 is 5.11 Å². The van der Waals surface area contributed by atoms with Gasteiger partial charge >= 0.3 is 18.3 Å². The van der Waals surface area contributed by atoms with E-state index >= 15 is 0 Å². The lowest BCUT2D eigenvalue weighted by Gasteiger charge is -2.10. The van der Waals surface area contributed by atoms with Gasteiger partial charge in [-0.1, -0.05) is 0 Å². The molecule has 0 saturated carbocycles. The lowest BCUT2D eigenvalue weighted by Crippen LogP contribution is -2.26. The summed E-state index contributed by atoms with van der Waals surface area (Å²) >= 11 is 0. The molecule has 10 heteroatoms. The van der Waals surface area contributed by atoms with E-state index < -0.39 is 46.6 Å². The Labute approximate surface area is 112 Å². The van der Waals surface area contributed by atoms with Crippen molar-refractivity contribution in [3.63, 3.8) is 0 Å². The maximum Gasteiger partial charge on any atom is 0.454 e. The largest absolute Gasteiger partial charge is 0.478 e. The number of rotatable bonds is 3. The quantitative estimate of drug-likeness (QED) is 0.688. The third-order valence-corrected chi connectivity index (χ3v) is 2.22. The Kier molecular flexibility index (Phi) is 4.11. The number of alkyl halides is 6. The van der Waals surface area contributed by atoms with Crippen LogP contribution in [0.2, 0.25) is 0 Å². The molecule has 0 amide bonds. The van der Waals surface area contributed by atoms with Crippen LogP contribution >= 0.6 is 0 Å². The highest BCUT2D eigenvalue weighted by Gasteiger charge is 2.42. The van der Waals surface area contributed by atoms with Crippen LogP contribution in [0.5, 0.6) is 0 Å². The second-order valence-corrected chi connectivity index (χ2v) is 3.76. The van der Waals surface area contributed by atoms with E-state index in [1.54, 1.807) is 0 Å². The van der Waals surface area contributed by atoms with Crippen molar-refractivity contribution in [3.05, 3.63) is 34.9 Å². The van der Waals surface area contributed by atoms with E-state index in [0.29, 0.717) is 0 Å². The Balaban J connectivity index is 3.49. The summed E-state index contributed by atoms with van der Waals surface area (Å²) in [5.74, 6) is -6.99. The average molecular weight is 314 g/mol. The van der Waals surface area contributed by atoms with Crippen molar-refractivity contribution >= 4 is 17.5 Å². The Morgan fingerprint density at radius 1 is 0.714 bits per heavy atom. The number of benzene rings is 1. The van der Waals surface area contributed by atoms with Crippen LogP contribution in [0.15, 0.2) is 18.2 Å². The van der Waals surface area contributed by atoms with Gasteiger partial charge in [0.05, 0.1) is 5.56 Å². The van der Waals surface area contributed by atoms with Crippen molar-refractivity contribution in [1.82, 2.24) is 0 Å². The first-order chi connectivity index (χ1) is 9.34. The molecule has 114 valence electrons. The highest BCUT2D eigenvalue weighted by atomic mass is 19.4. The number of halogens is 6. The minimum Gasteiger partial charge on any atom is -0.478 e. The van der Waals surface area contributed by atoms with Crippen LogP contribution in [-0.2, 0) is 0 Å². The molecule has 0 aromatic heterocycles. The summed E-state index contributed by atoms with van der Waals surface area (Å²) in [4.78, 5) is 32.6. The predicted molar refractivity (Wildman–Crippen MR) is 54.2 cm³/mol. The van der Waals surface area contributed by atoms with Crippen molar-refractivity contribution in [2.24, 2.45) is 0 Å². The van der Waals surface area contributed by atoms with Crippen LogP contribution in [0.25, 0.3) is 0 Å². The van der Waals surface area contributed by atoms with Crippen LogP contribution < -0.4 is 0 Å². The number of carbonyl (C=O) groups is 3. The molecular formula is C11H4F6O4. The van der Waals surface area contributed by atoms with Crippen LogP contribution in [0.3, 0.4) is 0 Å². The molecule has 1 aromatic carbocycles. The summed E-state index contributed by atoms with van der Waals surface area (Å²) in [6.07, 6.45) is -10.8. The van der Waals surface area contributed by atoms with Gasteiger partial charge in [-0.15, -0.1) is 0 Å². The lowest BCUT2D eigenvalue weighted by molar-refractivity contribution is -0.0887. The second-order valence-electron chi connectivity index (χ2n) is 3.76. The zero-order valence-electron chi connectivity index (χ0n) is 9.67. The van der Waals surface area contributed by atoms with Crippen molar-refractivity contribution < 1.29 is 45.8 Å². The summed E-state index contributed by atoms with van der Waals surface area (Å²) in [6.45, 7) is 0. The van der Waals surface area contributed by atoms with Gasteiger partial charge in [-0.2, -0.15) is 26.3 Å². The lowest BCUT2D eigenvalue weighted by atomic mass is 10.00. The molecular weight excluding hydrogens is 310 g/mol. The molecule has 1 aromatic rings. The average Bonchev–Trinajstić information content (AvgIpc) is 2.34. The van der Waals surface area contributed by atoms with Gasteiger partial charge in [0.25, 0.3) is 11.6 Å². The molecule has 0 radical (unpaired) electrons. The highest BCUT2D eigenvalue weighted by Crippen LogP contribution is 2.26. The number of Topliss-reactive ketones (excluding diaryl/α,β-unsaturated/α-hetero) is 2. The van der Waals surface area contributed by atoms with E-state index in [1.807, 2.05) is 0 Å². The van der Waals surface area contributed by atoms with Crippen molar-refractivity contribution in [2.45, 2.75) is 12.4 Å². The van der Waals surface area contributed by atoms with E-state index in [9.17, 15) is 40.7 Å². The Bertz CT molecular complexity index is 570. The van der Waals surface area contributed by atoms with Crippen LogP contribution in [0.1, 0.15) is 31.1 Å². The molecule has 21 heavy (non-hydrogen) atoms. The fourth-order valence-electron chi connectivity index (χ4n) is 1.34. The van der Waals surface area contributed by atoms with Gasteiger partial charge in [0.2, 0.25) is 0 Å². The van der Waals surface area contributed by atoms with Gasteiger partial charge in [0, 0.05) is 11.1 Å². The fraction of sp³-hybridized carbons (Fsp3) is 0.182. The maximum absolute atomic E-state index is 12.2. The van der Waals surface area contributed by atoms with E-state index in [-0.39, 0.29) is 18.2 Å². The number of aromatic carboxylic acids is 1. The fourth-order valence-corrected chi connectivity index (χ4v) is 1.34. The summed E-state index contributed by atoms with van der Waals surface area (Å²) in [7, 11) is 0. The SMILES string of the molecule is O=C(O)c1cc(C(=O)C(F)(F)F)cc(C(=O)C(F)(F)F)c1. The molecule has 0 fully saturated rings. The predicted octanol–water partition coefficient (Wildman–Crippen LogP) is 2.87. The van der Waals surface area contributed by atoms with Crippen LogP contribution in [0, 0.1) is 0 Å². The Morgan fingerprint density at radius 2 is 1.00 bits per heavy atom. The molecule has 0 bridgehead atoms. The first-order valence-electron chi connectivity index (χ1n) is 4.95. The zero-order valence-corrected chi connectivity index (χ0v) is 9.67. The topological polar surface area (TPSA) is 71.4 Å². The maximum atomic E-state index is 12.2. The van der Waals surface area contributed by atoms with Crippen molar-refractivity contribution in [3.8, 4) is 0 Å². The number of hydrogen-bond acceptors (Lipinski definition) is 3. The number of carboxylic acids is 1. The molecule has 1 N–H and O–H groups in total. The minimum atomic E-state index is -5.42. The van der Waals surface area contributed by atoms with Crippen LogP contribution in [-0.4, -0.2) is 35.0 Å². The van der Waals surface area contributed by atoms with Gasteiger partial charge in [0.1, 0.15) is 0 Å². The molecule has 0 unspecified atom stereocenters. The zero-order chi connectivity index (χ0) is 16.6. The first-order valence-corrected chi connectivity index (χ1v) is 4.95. The number of ketones is 2. The standard InChI is InChI=1S/C11H4F6O4/c12-10(13,14)7(18)4-1-5(8(19)11(15,16)17)3-6(2-4)9(20)21/h1-3H,(H,20,21). The summed E-state index contributed by atoms with van der Waals surface area (Å²) in [6, 6.07) is 0.536. The molecule has 0 spiro atoms. The number of carboxylic acid groups (broad SMARTS) is 1. The van der Waals surface area contributed by atoms with Gasteiger partial charge in [0.15, 0.2) is 0 Å². The Morgan fingerprint density at radius 3 is 1.24 bits per heavy atom. The van der Waals surface area contributed by atoms with Gasteiger partial charge in [-0.25, -0.2) is 4.79 Å². The smallest absolute Gasteiger partial charge is 0.454 e. The van der Waals surface area contributed by atoms with Gasteiger partial charge in [-0.05, 0) is 18.2 Å². The molecule has 0 aliphatic carbocycles. The first kappa shape index (κ1) is 16.7. The molecule has 0 saturated heterocycles. The number of hydrogen-bond donors (Lipinski definition) is 1. The van der Waals surface area contributed by atoms with Crippen molar-refractivity contribution in [2.75, 3.05) is 0 Å². The molecule has 4 nitrogen and oxygen atoms in total. The summed E-state index contributed by atoms with van der Waals surface area (Å²) in [5, 5.41) is 8.62.